The normalized spacial score (nSPS) is 15.3. The lowest BCUT2D eigenvalue weighted by Gasteiger charge is -2.27. The Balaban J connectivity index is 1.77. The Hall–Kier alpha value is -2.10. The minimum absolute atomic E-state index is 0.323. The predicted octanol–water partition coefficient (Wildman–Crippen LogP) is 2.49. The van der Waals surface area contributed by atoms with Crippen LogP contribution >= 0.6 is 11.3 Å². The second-order valence-electron chi connectivity index (χ2n) is 6.00. The number of aromatic nitrogens is 3. The molecule has 7 nitrogen and oxygen atoms in total. The van der Waals surface area contributed by atoms with Crippen molar-refractivity contribution in [1.29, 1.82) is 0 Å². The smallest absolute Gasteiger partial charge is 0.259 e. The van der Waals surface area contributed by atoms with Crippen LogP contribution in [0.25, 0.3) is 22.8 Å². The third-order valence-electron chi connectivity index (χ3n) is 4.31. The van der Waals surface area contributed by atoms with Crippen LogP contribution in [0.15, 0.2) is 27.5 Å². The largest absolute Gasteiger partial charge is 0.334 e. The maximum Gasteiger partial charge on any atom is 0.259 e. The first-order valence-electron chi connectivity index (χ1n) is 7.72. The average molecular weight is 376 g/mol. The molecule has 0 atom stereocenters. The summed E-state index contributed by atoms with van der Waals surface area (Å²) in [7, 11) is -3.22. The molecular weight excluding hydrogens is 360 g/mol. The number of thiophene rings is 1. The molecule has 0 spiro atoms. The minimum Gasteiger partial charge on any atom is -0.334 e. The van der Waals surface area contributed by atoms with Crippen LogP contribution < -0.4 is 0 Å². The Morgan fingerprint density at radius 3 is 2.92 bits per heavy atom. The van der Waals surface area contributed by atoms with Gasteiger partial charge < -0.3 is 4.52 Å². The summed E-state index contributed by atoms with van der Waals surface area (Å²) in [5.41, 5.74) is 4.48. The Kier molecular flexibility index (Phi) is 3.94. The molecule has 0 unspecified atom stereocenters. The van der Waals surface area contributed by atoms with E-state index < -0.39 is 10.0 Å². The van der Waals surface area contributed by atoms with E-state index in [2.05, 4.69) is 15.1 Å². The number of hydrogen-bond donors (Lipinski definition) is 0. The molecule has 1 aliphatic heterocycles. The lowest BCUT2D eigenvalue weighted by molar-refractivity contribution is 0.394. The van der Waals surface area contributed by atoms with Gasteiger partial charge in [0.1, 0.15) is 0 Å². The monoisotopic (exact) mass is 376 g/mol. The third kappa shape index (κ3) is 2.99. The van der Waals surface area contributed by atoms with Gasteiger partial charge in [0.25, 0.3) is 5.89 Å². The number of hydrogen-bond acceptors (Lipinski definition) is 7. The van der Waals surface area contributed by atoms with Gasteiger partial charge >= 0.3 is 0 Å². The molecule has 1 aliphatic rings. The van der Waals surface area contributed by atoms with Crippen LogP contribution in [0.1, 0.15) is 16.8 Å². The van der Waals surface area contributed by atoms with Gasteiger partial charge in [0, 0.05) is 35.9 Å². The number of sulfonamides is 1. The van der Waals surface area contributed by atoms with Crippen molar-refractivity contribution in [3.63, 3.8) is 0 Å². The molecule has 130 valence electrons. The van der Waals surface area contributed by atoms with E-state index in [9.17, 15) is 8.42 Å². The lowest BCUT2D eigenvalue weighted by Crippen LogP contribution is -2.35. The van der Waals surface area contributed by atoms with Crippen LogP contribution in [-0.4, -0.2) is 40.6 Å². The summed E-state index contributed by atoms with van der Waals surface area (Å²) >= 11 is 1.57. The van der Waals surface area contributed by atoms with Crippen molar-refractivity contribution >= 4 is 21.4 Å². The zero-order valence-electron chi connectivity index (χ0n) is 13.8. The topological polar surface area (TPSA) is 89.2 Å². The van der Waals surface area contributed by atoms with Crippen LogP contribution in [0.3, 0.4) is 0 Å². The molecular formula is C16H16N4O3S2. The fourth-order valence-electron chi connectivity index (χ4n) is 3.03. The van der Waals surface area contributed by atoms with Crippen molar-refractivity contribution in [3.05, 3.63) is 39.8 Å². The molecule has 25 heavy (non-hydrogen) atoms. The first-order valence-corrected chi connectivity index (χ1v) is 10.5. The number of pyridine rings is 1. The molecule has 0 amide bonds. The molecule has 4 heterocycles. The summed E-state index contributed by atoms with van der Waals surface area (Å²) < 4.78 is 30.5. The summed E-state index contributed by atoms with van der Waals surface area (Å²) in [6, 6.07) is 1.93. The van der Waals surface area contributed by atoms with E-state index >= 15 is 0 Å². The summed E-state index contributed by atoms with van der Waals surface area (Å²) in [5.74, 6) is 0.970. The Morgan fingerprint density at radius 2 is 2.20 bits per heavy atom. The van der Waals surface area contributed by atoms with E-state index in [1.165, 1.54) is 10.6 Å². The molecule has 9 heteroatoms. The van der Waals surface area contributed by atoms with Crippen molar-refractivity contribution in [1.82, 2.24) is 19.4 Å². The second-order valence-corrected chi connectivity index (χ2v) is 8.77. The standard InChI is InChI=1S/C16H16N4O3S2/c1-10-14(15-18-16(23-19-15)11-4-6-24-9-11)13-3-5-20(25(2,21)22)8-12(13)7-17-10/h4,6-7,9H,3,5,8H2,1-2H3. The van der Waals surface area contributed by atoms with Crippen molar-refractivity contribution < 1.29 is 12.9 Å². The molecule has 0 bridgehead atoms. The second kappa shape index (κ2) is 6.01. The van der Waals surface area contributed by atoms with Gasteiger partial charge in [-0.2, -0.15) is 20.6 Å². The minimum atomic E-state index is -3.22. The summed E-state index contributed by atoms with van der Waals surface area (Å²) in [6.07, 6.45) is 3.57. The van der Waals surface area contributed by atoms with Crippen LogP contribution in [0.2, 0.25) is 0 Å². The zero-order chi connectivity index (χ0) is 17.6. The Labute approximate surface area is 149 Å². The van der Waals surface area contributed by atoms with Gasteiger partial charge in [-0.1, -0.05) is 5.16 Å². The van der Waals surface area contributed by atoms with Gasteiger partial charge in [-0.15, -0.1) is 0 Å². The molecule has 3 aromatic heterocycles. The number of rotatable bonds is 3. The van der Waals surface area contributed by atoms with E-state index in [-0.39, 0.29) is 0 Å². The fraction of sp³-hybridized carbons (Fsp3) is 0.312. The zero-order valence-corrected chi connectivity index (χ0v) is 15.4. The average Bonchev–Trinajstić information content (AvgIpc) is 3.24. The molecule has 3 aromatic rings. The molecule has 0 aliphatic carbocycles. The van der Waals surface area contributed by atoms with Crippen molar-refractivity contribution in [3.8, 4) is 22.8 Å². The molecule has 4 rings (SSSR count). The highest BCUT2D eigenvalue weighted by molar-refractivity contribution is 7.88. The van der Waals surface area contributed by atoms with Gasteiger partial charge in [-0.05, 0) is 35.9 Å². The first kappa shape index (κ1) is 16.4. The summed E-state index contributed by atoms with van der Waals surface area (Å²) in [5, 5.41) is 8.03. The van der Waals surface area contributed by atoms with Crippen LogP contribution in [0, 0.1) is 6.92 Å². The highest BCUT2D eigenvalue weighted by atomic mass is 32.2. The number of aryl methyl sites for hydroxylation is 1. The maximum atomic E-state index is 11.8. The van der Waals surface area contributed by atoms with E-state index in [0.29, 0.717) is 31.2 Å². The molecule has 0 saturated heterocycles. The molecule has 0 aromatic carbocycles. The molecule has 0 N–H and O–H groups in total. The van der Waals surface area contributed by atoms with Crippen molar-refractivity contribution in [2.75, 3.05) is 12.8 Å². The summed E-state index contributed by atoms with van der Waals surface area (Å²) in [4.78, 5) is 8.93. The first-order chi connectivity index (χ1) is 11.9. The van der Waals surface area contributed by atoms with E-state index in [1.54, 1.807) is 17.5 Å². The number of nitrogens with zero attached hydrogens (tertiary/aromatic N) is 4. The van der Waals surface area contributed by atoms with E-state index in [4.69, 9.17) is 4.52 Å². The highest BCUT2D eigenvalue weighted by Crippen LogP contribution is 2.32. The van der Waals surface area contributed by atoms with Crippen LogP contribution in [-0.2, 0) is 23.0 Å². The van der Waals surface area contributed by atoms with Gasteiger partial charge in [0.2, 0.25) is 15.8 Å². The Bertz CT molecular complexity index is 1030. The lowest BCUT2D eigenvalue weighted by atomic mass is 9.95. The van der Waals surface area contributed by atoms with E-state index in [1.807, 2.05) is 23.8 Å². The van der Waals surface area contributed by atoms with Crippen molar-refractivity contribution in [2.24, 2.45) is 0 Å². The van der Waals surface area contributed by atoms with E-state index in [0.717, 1.165) is 27.9 Å². The molecule has 0 fully saturated rings. The van der Waals surface area contributed by atoms with Gasteiger partial charge in [-0.3, -0.25) is 4.98 Å². The highest BCUT2D eigenvalue weighted by Gasteiger charge is 2.27. The van der Waals surface area contributed by atoms with Crippen LogP contribution in [0.5, 0.6) is 0 Å². The van der Waals surface area contributed by atoms with Crippen molar-refractivity contribution in [2.45, 2.75) is 19.9 Å². The van der Waals surface area contributed by atoms with Gasteiger partial charge in [0.05, 0.1) is 11.8 Å². The molecule has 0 saturated carbocycles. The fourth-order valence-corrected chi connectivity index (χ4v) is 4.46. The van der Waals surface area contributed by atoms with Crippen LogP contribution in [0.4, 0.5) is 0 Å². The molecule has 0 radical (unpaired) electrons. The van der Waals surface area contributed by atoms with Gasteiger partial charge in [0.15, 0.2) is 0 Å². The summed E-state index contributed by atoms with van der Waals surface area (Å²) in [6.45, 7) is 2.67. The predicted molar refractivity (Wildman–Crippen MR) is 94.5 cm³/mol. The van der Waals surface area contributed by atoms with Gasteiger partial charge in [-0.25, -0.2) is 8.42 Å². The Morgan fingerprint density at radius 1 is 1.36 bits per heavy atom. The quantitative estimate of drug-likeness (QED) is 0.698. The number of fused-ring (bicyclic) bond motifs is 1. The SMILES string of the molecule is Cc1ncc2c(c1-c1noc(-c3ccsc3)n1)CCN(S(C)(=O)=O)C2. The maximum absolute atomic E-state index is 11.8. The third-order valence-corrected chi connectivity index (χ3v) is 6.24.